The molecule has 0 aromatic heterocycles. The molecule has 0 amide bonds. The number of hydrogen-bond donors (Lipinski definition) is 0. The third-order valence-corrected chi connectivity index (χ3v) is 19.3. The van der Waals surface area contributed by atoms with Gasteiger partial charge in [-0.3, -0.25) is 0 Å². The molecule has 1 aliphatic heterocycles. The van der Waals surface area contributed by atoms with Crippen LogP contribution < -0.4 is 0 Å². The summed E-state index contributed by atoms with van der Waals surface area (Å²) in [5.41, 5.74) is 14.9. The van der Waals surface area contributed by atoms with Crippen molar-refractivity contribution < 1.29 is 16.6 Å². The summed E-state index contributed by atoms with van der Waals surface area (Å²) in [6.07, 6.45) is 5.12. The first-order chi connectivity index (χ1) is 21.1. The van der Waals surface area contributed by atoms with Crippen molar-refractivity contribution in [1.82, 2.24) is 0 Å². The fourth-order valence-electron chi connectivity index (χ4n) is 8.91. The Kier molecular flexibility index (Phi) is 5.65. The molecule has 1 fully saturated rings. The normalized spacial score (nSPS) is 19.7. The summed E-state index contributed by atoms with van der Waals surface area (Å²) in [5, 5.41) is 5.32. The van der Waals surface area contributed by atoms with Gasteiger partial charge >= 0.3 is 259 Å². The fourth-order valence-corrected chi connectivity index (χ4v) is 19.4. The van der Waals surface area contributed by atoms with Gasteiger partial charge in [-0.1, -0.05) is 0 Å². The summed E-state index contributed by atoms with van der Waals surface area (Å²) in [5.74, 6) is 0. The quantitative estimate of drug-likeness (QED) is 0.180. The van der Waals surface area contributed by atoms with E-state index >= 15 is 0 Å². The predicted octanol–water partition coefficient (Wildman–Crippen LogP) is 11.9. The van der Waals surface area contributed by atoms with Crippen LogP contribution in [0, 0.1) is 0 Å². The van der Waals surface area contributed by atoms with E-state index in [0.29, 0.717) is 8.45 Å². The van der Waals surface area contributed by atoms with Gasteiger partial charge in [-0.05, 0) is 0 Å². The van der Waals surface area contributed by atoms with Crippen LogP contribution in [0.5, 0.6) is 0 Å². The Morgan fingerprint density at radius 3 is 1.30 bits per heavy atom. The Labute approximate surface area is 257 Å². The minimum atomic E-state index is -2.39. The van der Waals surface area contributed by atoms with E-state index in [1.807, 2.05) is 0 Å². The average Bonchev–Trinajstić information content (AvgIpc) is 3.62. The van der Waals surface area contributed by atoms with E-state index in [0.717, 1.165) is 0 Å². The Morgan fingerprint density at radius 1 is 0.442 bits per heavy atom. The molecule has 2 unspecified atom stereocenters. The number of allylic oxidation sites excluding steroid dienone is 2. The molecule has 2 aliphatic carbocycles. The molecule has 6 aromatic rings. The zero-order chi connectivity index (χ0) is 28.7. The predicted molar refractivity (Wildman–Crippen MR) is 181 cm³/mol. The SMILES string of the molecule is CC1=Cc2c(-c3cccc4ccccc34)cccc2[CH]1[Ti]1([CH]2C(C)=Cc3c(-c4cccc5ccccc45)cccc32)[CH2][CH2]1. The van der Waals surface area contributed by atoms with Gasteiger partial charge < -0.3 is 0 Å². The first-order valence-electron chi connectivity index (χ1n) is 15.7. The molecule has 206 valence electrons. The van der Waals surface area contributed by atoms with Gasteiger partial charge in [0.2, 0.25) is 0 Å². The van der Waals surface area contributed by atoms with E-state index in [2.05, 4.69) is 147 Å². The maximum absolute atomic E-state index is 2.56. The molecule has 0 nitrogen and oxygen atoms in total. The molecular weight excluding hydrogens is 552 g/mol. The van der Waals surface area contributed by atoms with Crippen LogP contribution in [0.2, 0.25) is 9.45 Å². The Balaban J connectivity index is 1.17. The van der Waals surface area contributed by atoms with Crippen molar-refractivity contribution in [2.24, 2.45) is 0 Å². The maximum atomic E-state index is 2.56. The van der Waals surface area contributed by atoms with Crippen LogP contribution in [0.25, 0.3) is 56.0 Å². The van der Waals surface area contributed by atoms with Gasteiger partial charge in [0.25, 0.3) is 0 Å². The van der Waals surface area contributed by atoms with Crippen molar-refractivity contribution in [3.8, 4) is 22.3 Å². The number of rotatable bonds is 4. The van der Waals surface area contributed by atoms with Crippen LogP contribution in [-0.2, 0) is 16.6 Å². The second kappa shape index (κ2) is 9.52. The summed E-state index contributed by atoms with van der Waals surface area (Å²) in [7, 11) is 0. The average molecular weight is 587 g/mol. The Hall–Kier alpha value is -3.97. The molecule has 2 atom stereocenters. The summed E-state index contributed by atoms with van der Waals surface area (Å²) in [6.45, 7) is 4.87. The van der Waals surface area contributed by atoms with E-state index in [1.165, 1.54) is 64.4 Å². The second-order valence-electron chi connectivity index (χ2n) is 13.0. The molecule has 1 heterocycles. The van der Waals surface area contributed by atoms with Crippen molar-refractivity contribution >= 4 is 33.7 Å². The van der Waals surface area contributed by atoms with Gasteiger partial charge in [0.1, 0.15) is 0 Å². The molecule has 0 N–H and O–H groups in total. The molecule has 43 heavy (non-hydrogen) atoms. The van der Waals surface area contributed by atoms with Crippen molar-refractivity contribution in [1.29, 1.82) is 0 Å². The topological polar surface area (TPSA) is 0 Å². The summed E-state index contributed by atoms with van der Waals surface area (Å²) in [4.78, 5) is 0. The molecule has 0 radical (unpaired) electrons. The third kappa shape index (κ3) is 3.73. The molecule has 3 aliphatic rings. The monoisotopic (exact) mass is 586 g/mol. The first kappa shape index (κ1) is 25.5. The fraction of sp³-hybridized carbons (Fsp3) is 0.143. The van der Waals surface area contributed by atoms with Gasteiger partial charge in [0.15, 0.2) is 0 Å². The van der Waals surface area contributed by atoms with Crippen molar-refractivity contribution in [2.45, 2.75) is 31.7 Å². The van der Waals surface area contributed by atoms with Crippen LogP contribution in [0.3, 0.4) is 0 Å². The third-order valence-electron chi connectivity index (χ3n) is 10.7. The van der Waals surface area contributed by atoms with E-state index in [4.69, 9.17) is 0 Å². The van der Waals surface area contributed by atoms with Gasteiger partial charge in [-0.25, -0.2) is 0 Å². The van der Waals surface area contributed by atoms with Crippen LogP contribution in [-0.4, -0.2) is 0 Å². The first-order valence-corrected chi connectivity index (χ1v) is 19.7. The number of benzene rings is 6. The van der Waals surface area contributed by atoms with Crippen molar-refractivity contribution in [3.05, 3.63) is 155 Å². The molecule has 0 saturated carbocycles. The van der Waals surface area contributed by atoms with Crippen molar-refractivity contribution in [2.75, 3.05) is 0 Å². The molecule has 1 saturated heterocycles. The molecule has 1 heteroatoms. The molecule has 9 rings (SSSR count). The molecule has 0 bridgehead atoms. The minimum absolute atomic E-state index is 0.630. The summed E-state index contributed by atoms with van der Waals surface area (Å²) < 4.78 is 4.18. The van der Waals surface area contributed by atoms with E-state index in [9.17, 15) is 0 Å². The molecular formula is C42H34Ti. The zero-order valence-electron chi connectivity index (χ0n) is 24.8. The standard InChI is InChI=1S/2C20H15.C2H4.Ti/c2*1-14-12-16-8-5-11-19(20(16)13-14)18-10-4-7-15-6-2-3-9-17(15)18;1-2;/h2*2-13H,1H3;1-2H2;. The zero-order valence-corrected chi connectivity index (χ0v) is 26.3. The summed E-state index contributed by atoms with van der Waals surface area (Å²) in [6, 6.07) is 45.5. The Morgan fingerprint density at radius 2 is 0.837 bits per heavy atom. The molecule has 0 spiro atoms. The van der Waals surface area contributed by atoms with E-state index in [1.54, 1.807) is 22.3 Å². The van der Waals surface area contributed by atoms with Gasteiger partial charge in [0, 0.05) is 0 Å². The van der Waals surface area contributed by atoms with Crippen LogP contribution >= 0.6 is 0 Å². The van der Waals surface area contributed by atoms with Gasteiger partial charge in [-0.15, -0.1) is 0 Å². The molecule has 6 aromatic carbocycles. The van der Waals surface area contributed by atoms with Crippen LogP contribution in [0.4, 0.5) is 0 Å². The van der Waals surface area contributed by atoms with E-state index in [-0.39, 0.29) is 0 Å². The summed E-state index contributed by atoms with van der Waals surface area (Å²) >= 11 is -2.39. The van der Waals surface area contributed by atoms with Gasteiger partial charge in [0.05, 0.1) is 0 Å². The van der Waals surface area contributed by atoms with Gasteiger partial charge in [-0.2, -0.15) is 0 Å². The number of hydrogen-bond acceptors (Lipinski definition) is 0. The second-order valence-corrected chi connectivity index (χ2v) is 20.3. The number of fused-ring (bicyclic) bond motifs is 4. The Bertz CT molecular complexity index is 2010. The van der Waals surface area contributed by atoms with E-state index < -0.39 is 16.6 Å². The van der Waals surface area contributed by atoms with Crippen LogP contribution in [0.15, 0.2) is 132 Å². The van der Waals surface area contributed by atoms with Crippen molar-refractivity contribution in [3.63, 3.8) is 0 Å². The van der Waals surface area contributed by atoms with Crippen LogP contribution in [0.1, 0.15) is 44.5 Å².